The van der Waals surface area contributed by atoms with E-state index in [1.54, 1.807) is 0 Å². The predicted octanol–water partition coefficient (Wildman–Crippen LogP) is 5.28. The smallest absolute Gasteiger partial charge is 0.0487 e. The van der Waals surface area contributed by atoms with Gasteiger partial charge in [0.15, 0.2) is 0 Å². The molecule has 2 aromatic carbocycles. The van der Waals surface area contributed by atoms with Gasteiger partial charge in [-0.25, -0.2) is 0 Å². The summed E-state index contributed by atoms with van der Waals surface area (Å²) in [5.74, 6) is 0. The van der Waals surface area contributed by atoms with E-state index in [9.17, 15) is 0 Å². The van der Waals surface area contributed by atoms with Crippen LogP contribution in [0.1, 0.15) is 11.1 Å². The maximum Gasteiger partial charge on any atom is 0.0487 e. The SMILES string of the molecule is Cc1ccc(-c2ccc(C)c(Cl)c2)c(Cl)c1. The number of hydrogen-bond acceptors (Lipinski definition) is 0. The molecule has 0 saturated heterocycles. The highest BCUT2D eigenvalue weighted by Gasteiger charge is 2.05. The predicted molar refractivity (Wildman–Crippen MR) is 71.4 cm³/mol. The molecule has 16 heavy (non-hydrogen) atoms. The first-order valence-corrected chi connectivity index (χ1v) is 5.86. The van der Waals surface area contributed by atoms with Crippen LogP contribution in [-0.4, -0.2) is 0 Å². The highest BCUT2D eigenvalue weighted by atomic mass is 35.5. The Hall–Kier alpha value is -0.980. The van der Waals surface area contributed by atoms with Crippen molar-refractivity contribution < 1.29 is 0 Å². The average Bonchev–Trinajstić information content (AvgIpc) is 2.22. The van der Waals surface area contributed by atoms with E-state index in [0.717, 1.165) is 32.3 Å². The maximum atomic E-state index is 6.21. The molecule has 0 fully saturated rings. The van der Waals surface area contributed by atoms with Crippen LogP contribution in [0.3, 0.4) is 0 Å². The molecule has 0 saturated carbocycles. The van der Waals surface area contributed by atoms with Gasteiger partial charge < -0.3 is 0 Å². The zero-order valence-corrected chi connectivity index (χ0v) is 10.7. The number of benzene rings is 2. The molecule has 82 valence electrons. The Kier molecular flexibility index (Phi) is 3.22. The van der Waals surface area contributed by atoms with Crippen LogP contribution in [0.25, 0.3) is 11.1 Å². The number of hydrogen-bond donors (Lipinski definition) is 0. The molecule has 0 aromatic heterocycles. The summed E-state index contributed by atoms with van der Waals surface area (Å²) in [6.07, 6.45) is 0. The van der Waals surface area contributed by atoms with E-state index in [-0.39, 0.29) is 0 Å². The molecule has 2 aromatic rings. The van der Waals surface area contributed by atoms with Gasteiger partial charge in [0, 0.05) is 15.6 Å². The summed E-state index contributed by atoms with van der Waals surface area (Å²) in [4.78, 5) is 0. The fraction of sp³-hybridized carbons (Fsp3) is 0.143. The lowest BCUT2D eigenvalue weighted by atomic mass is 10.0. The summed E-state index contributed by atoms with van der Waals surface area (Å²) in [7, 11) is 0. The molecule has 0 bridgehead atoms. The van der Waals surface area contributed by atoms with Crippen molar-refractivity contribution in [2.45, 2.75) is 13.8 Å². The van der Waals surface area contributed by atoms with Crippen molar-refractivity contribution in [2.75, 3.05) is 0 Å². The van der Waals surface area contributed by atoms with Crippen molar-refractivity contribution >= 4 is 23.2 Å². The fourth-order valence-corrected chi connectivity index (χ4v) is 2.14. The van der Waals surface area contributed by atoms with Crippen LogP contribution in [0.5, 0.6) is 0 Å². The van der Waals surface area contributed by atoms with E-state index < -0.39 is 0 Å². The molecular formula is C14H12Cl2. The molecular weight excluding hydrogens is 239 g/mol. The second-order valence-corrected chi connectivity index (χ2v) is 4.76. The third-order valence-electron chi connectivity index (χ3n) is 2.61. The minimum atomic E-state index is 0.764. The Morgan fingerprint density at radius 2 is 1.56 bits per heavy atom. The van der Waals surface area contributed by atoms with Gasteiger partial charge in [0.05, 0.1) is 0 Å². The minimum Gasteiger partial charge on any atom is -0.0840 e. The van der Waals surface area contributed by atoms with Crippen molar-refractivity contribution in [1.82, 2.24) is 0 Å². The van der Waals surface area contributed by atoms with E-state index in [2.05, 4.69) is 6.07 Å². The van der Waals surface area contributed by atoms with E-state index >= 15 is 0 Å². The zero-order chi connectivity index (χ0) is 11.7. The Morgan fingerprint density at radius 3 is 2.19 bits per heavy atom. The molecule has 0 aliphatic heterocycles. The molecule has 0 spiro atoms. The lowest BCUT2D eigenvalue weighted by molar-refractivity contribution is 1.45. The van der Waals surface area contributed by atoms with Gasteiger partial charge >= 0.3 is 0 Å². The summed E-state index contributed by atoms with van der Waals surface area (Å²) in [5.41, 5.74) is 4.32. The molecule has 0 heterocycles. The van der Waals surface area contributed by atoms with Crippen LogP contribution in [0, 0.1) is 13.8 Å². The highest BCUT2D eigenvalue weighted by Crippen LogP contribution is 2.31. The number of rotatable bonds is 1. The highest BCUT2D eigenvalue weighted by molar-refractivity contribution is 6.34. The summed E-state index contributed by atoms with van der Waals surface area (Å²) < 4.78 is 0. The van der Waals surface area contributed by atoms with Gasteiger partial charge in [-0.2, -0.15) is 0 Å². The quantitative estimate of drug-likeness (QED) is 0.647. The second-order valence-electron chi connectivity index (χ2n) is 3.95. The normalized spacial score (nSPS) is 10.5. The van der Waals surface area contributed by atoms with Crippen molar-refractivity contribution in [2.24, 2.45) is 0 Å². The van der Waals surface area contributed by atoms with Crippen LogP contribution in [0.2, 0.25) is 10.0 Å². The van der Waals surface area contributed by atoms with Crippen LogP contribution < -0.4 is 0 Å². The molecule has 2 rings (SSSR count). The molecule has 0 unspecified atom stereocenters. The van der Waals surface area contributed by atoms with Crippen LogP contribution in [-0.2, 0) is 0 Å². The average molecular weight is 251 g/mol. The van der Waals surface area contributed by atoms with Gasteiger partial charge in [0.1, 0.15) is 0 Å². The van der Waals surface area contributed by atoms with E-state index in [4.69, 9.17) is 23.2 Å². The zero-order valence-electron chi connectivity index (χ0n) is 9.22. The summed E-state index contributed by atoms with van der Waals surface area (Å²) in [6, 6.07) is 12.0. The van der Waals surface area contributed by atoms with Crippen molar-refractivity contribution in [3.8, 4) is 11.1 Å². The van der Waals surface area contributed by atoms with Gasteiger partial charge in [0.2, 0.25) is 0 Å². The number of halogens is 2. The maximum absolute atomic E-state index is 6.21. The van der Waals surface area contributed by atoms with Gasteiger partial charge in [-0.3, -0.25) is 0 Å². The Labute approximate surface area is 106 Å². The van der Waals surface area contributed by atoms with Crippen molar-refractivity contribution in [3.63, 3.8) is 0 Å². The summed E-state index contributed by atoms with van der Waals surface area (Å²) in [6.45, 7) is 4.01. The first-order valence-electron chi connectivity index (χ1n) is 5.10. The third-order valence-corrected chi connectivity index (χ3v) is 3.33. The standard InChI is InChI=1S/C14H12Cl2/c1-9-3-6-12(14(16)7-9)11-5-4-10(2)13(15)8-11/h3-8H,1-2H3. The van der Waals surface area contributed by atoms with Crippen LogP contribution in [0.4, 0.5) is 0 Å². The van der Waals surface area contributed by atoms with Crippen LogP contribution in [0.15, 0.2) is 36.4 Å². The molecule has 0 aliphatic rings. The number of aryl methyl sites for hydroxylation is 2. The van der Waals surface area contributed by atoms with E-state index in [1.807, 2.05) is 44.2 Å². The molecule has 0 nitrogen and oxygen atoms in total. The van der Waals surface area contributed by atoms with Gasteiger partial charge in [-0.05, 0) is 42.7 Å². The Bertz CT molecular complexity index is 530. The Morgan fingerprint density at radius 1 is 0.812 bits per heavy atom. The summed E-state index contributed by atoms with van der Waals surface area (Å²) in [5, 5.41) is 1.54. The van der Waals surface area contributed by atoms with Crippen LogP contribution >= 0.6 is 23.2 Å². The third kappa shape index (κ3) is 2.23. The van der Waals surface area contributed by atoms with E-state index in [1.165, 1.54) is 0 Å². The monoisotopic (exact) mass is 250 g/mol. The van der Waals surface area contributed by atoms with Crippen molar-refractivity contribution in [1.29, 1.82) is 0 Å². The van der Waals surface area contributed by atoms with E-state index in [0.29, 0.717) is 0 Å². The topological polar surface area (TPSA) is 0 Å². The van der Waals surface area contributed by atoms with Gasteiger partial charge in [-0.15, -0.1) is 0 Å². The molecule has 0 N–H and O–H groups in total. The largest absolute Gasteiger partial charge is 0.0840 e. The second kappa shape index (κ2) is 4.48. The van der Waals surface area contributed by atoms with Gasteiger partial charge in [-0.1, -0.05) is 47.5 Å². The molecule has 0 aliphatic carbocycles. The first kappa shape index (κ1) is 11.5. The lowest BCUT2D eigenvalue weighted by Crippen LogP contribution is -1.83. The summed E-state index contributed by atoms with van der Waals surface area (Å²) >= 11 is 12.3. The first-order chi connectivity index (χ1) is 7.58. The molecule has 0 radical (unpaired) electrons. The fourth-order valence-electron chi connectivity index (χ4n) is 1.61. The minimum absolute atomic E-state index is 0.764. The van der Waals surface area contributed by atoms with Gasteiger partial charge in [0.25, 0.3) is 0 Å². The lowest BCUT2D eigenvalue weighted by Gasteiger charge is -2.07. The molecule has 0 atom stereocenters. The molecule has 2 heteroatoms. The molecule has 0 amide bonds. The Balaban J connectivity index is 2.54. The van der Waals surface area contributed by atoms with Crippen molar-refractivity contribution in [3.05, 3.63) is 57.6 Å².